The van der Waals surface area contributed by atoms with Gasteiger partial charge >= 0.3 is 0 Å². The molecule has 2 bridgehead atoms. The lowest BCUT2D eigenvalue weighted by molar-refractivity contribution is -0.269. The van der Waals surface area contributed by atoms with E-state index in [1.165, 1.54) is 49.7 Å². The lowest BCUT2D eigenvalue weighted by Gasteiger charge is -2.61. The van der Waals surface area contributed by atoms with Gasteiger partial charge in [0.25, 0.3) is 0 Å². The summed E-state index contributed by atoms with van der Waals surface area (Å²) in [4.78, 5) is 0. The van der Waals surface area contributed by atoms with Gasteiger partial charge in [0, 0.05) is 18.2 Å². The fraction of sp³-hybridized carbons (Fsp3) is 0.643. The highest BCUT2D eigenvalue weighted by atomic mass is 16.5. The number of hydrogen-bond acceptors (Lipinski definition) is 4. The minimum Gasteiger partial charge on any atom is -0.372 e. The second-order valence-electron chi connectivity index (χ2n) is 11.5. The zero-order valence-corrected chi connectivity index (χ0v) is 19.8. The van der Waals surface area contributed by atoms with Gasteiger partial charge in [0.1, 0.15) is 0 Å². The molecular formula is C28H41N3O. The van der Waals surface area contributed by atoms with Gasteiger partial charge in [-0.05, 0) is 100 Å². The summed E-state index contributed by atoms with van der Waals surface area (Å²) in [5.74, 6) is 2.46. The van der Waals surface area contributed by atoms with E-state index >= 15 is 0 Å². The number of hydrogen-bond donors (Lipinski definition) is 3. The normalized spacial score (nSPS) is 40.6. The van der Waals surface area contributed by atoms with E-state index in [0.717, 1.165) is 12.8 Å². The summed E-state index contributed by atoms with van der Waals surface area (Å²) in [6.45, 7) is 4.55. The number of benzene rings is 1. The van der Waals surface area contributed by atoms with Crippen molar-refractivity contribution in [3.05, 3.63) is 59.8 Å². The first-order valence-electron chi connectivity index (χ1n) is 12.7. The lowest BCUT2D eigenvalue weighted by atomic mass is 9.57. The molecule has 1 aromatic rings. The molecule has 7 atom stereocenters. The van der Waals surface area contributed by atoms with Crippen molar-refractivity contribution in [2.75, 3.05) is 0 Å². The third-order valence-electron chi connectivity index (χ3n) is 9.04. The Bertz CT molecular complexity index is 863. The molecule has 32 heavy (non-hydrogen) atoms. The van der Waals surface area contributed by atoms with Crippen molar-refractivity contribution in [2.24, 2.45) is 35.1 Å². The average Bonchev–Trinajstić information content (AvgIpc) is 2.76. The maximum absolute atomic E-state index is 6.94. The van der Waals surface area contributed by atoms with Crippen LogP contribution in [-0.4, -0.2) is 23.4 Å². The average molecular weight is 436 g/mol. The molecule has 0 amide bonds. The molecule has 0 aromatic heterocycles. The van der Waals surface area contributed by atoms with Gasteiger partial charge in [0.05, 0.1) is 17.4 Å². The van der Waals surface area contributed by atoms with Crippen LogP contribution < -0.4 is 16.8 Å². The SMILES string of the molecule is CC1(C)O[C@@]2([C@@H]3CC[C@@H](Cc4ccccc4)[C@H](CC4=CNC(N)C=C4)C3)CC[C@@H]1[C@@H](N)C2. The van der Waals surface area contributed by atoms with Gasteiger partial charge in [-0.1, -0.05) is 36.4 Å². The Morgan fingerprint density at radius 2 is 1.84 bits per heavy atom. The summed E-state index contributed by atoms with van der Waals surface area (Å²) in [6, 6.07) is 11.3. The molecule has 2 saturated heterocycles. The van der Waals surface area contributed by atoms with Crippen LogP contribution in [0.25, 0.3) is 0 Å². The second-order valence-corrected chi connectivity index (χ2v) is 11.5. The third-order valence-corrected chi connectivity index (χ3v) is 9.04. The summed E-state index contributed by atoms with van der Waals surface area (Å²) in [5, 5.41) is 3.29. The summed E-state index contributed by atoms with van der Waals surface area (Å²) in [6.07, 6.45) is 15.9. The van der Waals surface area contributed by atoms with Crippen LogP contribution >= 0.6 is 0 Å². The van der Waals surface area contributed by atoms with E-state index in [0.29, 0.717) is 23.7 Å². The Balaban J connectivity index is 1.36. The largest absolute Gasteiger partial charge is 0.372 e. The topological polar surface area (TPSA) is 73.3 Å². The molecule has 4 fully saturated rings. The Kier molecular flexibility index (Phi) is 5.98. The molecule has 5 N–H and O–H groups in total. The van der Waals surface area contributed by atoms with E-state index in [9.17, 15) is 0 Å². The van der Waals surface area contributed by atoms with Crippen molar-refractivity contribution in [1.82, 2.24) is 5.32 Å². The Labute approximate surface area is 193 Å². The van der Waals surface area contributed by atoms with Crippen LogP contribution in [0.2, 0.25) is 0 Å². The summed E-state index contributed by atoms with van der Waals surface area (Å²) < 4.78 is 6.94. The predicted molar refractivity (Wildman–Crippen MR) is 131 cm³/mol. The van der Waals surface area contributed by atoms with Crippen LogP contribution in [0.4, 0.5) is 0 Å². The van der Waals surface area contributed by atoms with Gasteiger partial charge in [0.2, 0.25) is 0 Å². The van der Waals surface area contributed by atoms with E-state index in [1.54, 1.807) is 0 Å². The maximum atomic E-state index is 6.94. The van der Waals surface area contributed by atoms with Crippen molar-refractivity contribution in [2.45, 2.75) is 88.6 Å². The minimum atomic E-state index is -0.0962. The van der Waals surface area contributed by atoms with Crippen molar-refractivity contribution in [1.29, 1.82) is 0 Å². The van der Waals surface area contributed by atoms with Crippen molar-refractivity contribution in [3.63, 3.8) is 0 Å². The highest BCUT2D eigenvalue weighted by Gasteiger charge is 2.58. The number of nitrogens with one attached hydrogen (secondary N) is 1. The van der Waals surface area contributed by atoms with Crippen molar-refractivity contribution >= 4 is 0 Å². The van der Waals surface area contributed by atoms with Crippen LogP contribution in [-0.2, 0) is 11.2 Å². The highest BCUT2D eigenvalue weighted by Crippen LogP contribution is 2.56. The summed E-state index contributed by atoms with van der Waals surface area (Å²) in [5.41, 5.74) is 15.4. The lowest BCUT2D eigenvalue weighted by Crippen LogP contribution is -2.66. The Hall–Kier alpha value is -1.62. The molecule has 3 heterocycles. The van der Waals surface area contributed by atoms with Gasteiger partial charge in [-0.15, -0.1) is 0 Å². The number of nitrogens with two attached hydrogens (primary N) is 2. The van der Waals surface area contributed by atoms with Gasteiger partial charge in [-0.25, -0.2) is 0 Å². The maximum Gasteiger partial charge on any atom is 0.0934 e. The number of fused-ring (bicyclic) bond motifs is 3. The van der Waals surface area contributed by atoms with Crippen molar-refractivity contribution < 1.29 is 4.74 Å². The van der Waals surface area contributed by atoms with Crippen molar-refractivity contribution in [3.8, 4) is 0 Å². The number of rotatable bonds is 5. The first kappa shape index (κ1) is 22.2. The molecule has 0 spiro atoms. The zero-order valence-electron chi connectivity index (χ0n) is 19.8. The van der Waals surface area contributed by atoms with Crippen LogP contribution in [0.15, 0.2) is 54.3 Å². The van der Waals surface area contributed by atoms with E-state index in [4.69, 9.17) is 16.2 Å². The quantitative estimate of drug-likeness (QED) is 0.629. The van der Waals surface area contributed by atoms with Crippen LogP contribution in [0.3, 0.4) is 0 Å². The van der Waals surface area contributed by atoms with Crippen LogP contribution in [0.1, 0.15) is 64.4 Å². The van der Waals surface area contributed by atoms with Gasteiger partial charge in [0.15, 0.2) is 0 Å². The van der Waals surface area contributed by atoms with Gasteiger partial charge < -0.3 is 21.5 Å². The molecule has 2 saturated carbocycles. The molecule has 4 nitrogen and oxygen atoms in total. The van der Waals surface area contributed by atoms with E-state index < -0.39 is 0 Å². The fourth-order valence-corrected chi connectivity index (χ4v) is 7.47. The third kappa shape index (κ3) is 4.30. The Morgan fingerprint density at radius 1 is 1.03 bits per heavy atom. The molecule has 2 aliphatic carbocycles. The zero-order chi connectivity index (χ0) is 22.3. The number of dihydropyridines is 1. The van der Waals surface area contributed by atoms with Gasteiger partial charge in [-0.2, -0.15) is 0 Å². The predicted octanol–water partition coefficient (Wildman–Crippen LogP) is 4.65. The molecule has 1 aromatic carbocycles. The second kappa shape index (κ2) is 8.62. The molecule has 174 valence electrons. The fourth-order valence-electron chi connectivity index (χ4n) is 7.47. The highest BCUT2D eigenvalue weighted by molar-refractivity contribution is 5.25. The van der Waals surface area contributed by atoms with E-state index in [2.05, 4.69) is 67.8 Å². The number of ether oxygens (including phenoxy) is 1. The van der Waals surface area contributed by atoms with Crippen LogP contribution in [0, 0.1) is 23.7 Å². The number of allylic oxidation sites excluding steroid dienone is 2. The van der Waals surface area contributed by atoms with E-state index in [-0.39, 0.29) is 23.4 Å². The first-order chi connectivity index (χ1) is 15.3. The van der Waals surface area contributed by atoms with E-state index in [1.807, 2.05) is 0 Å². The molecule has 0 radical (unpaired) electrons. The summed E-state index contributed by atoms with van der Waals surface area (Å²) >= 11 is 0. The van der Waals surface area contributed by atoms with Gasteiger partial charge in [-0.3, -0.25) is 0 Å². The Morgan fingerprint density at radius 3 is 2.53 bits per heavy atom. The molecular weight excluding hydrogens is 394 g/mol. The smallest absolute Gasteiger partial charge is 0.0934 e. The molecule has 5 aliphatic rings. The molecule has 6 rings (SSSR count). The monoisotopic (exact) mass is 435 g/mol. The summed E-state index contributed by atoms with van der Waals surface area (Å²) in [7, 11) is 0. The van der Waals surface area contributed by atoms with Crippen LogP contribution in [0.5, 0.6) is 0 Å². The first-order valence-corrected chi connectivity index (χ1v) is 12.7. The standard InChI is InChI=1S/C28H41N3O/c1-27(2)24-12-13-28(32-27,17-25(24)29)23-10-9-21(14-19-6-4-3-5-7-19)22(16-23)15-20-8-11-26(30)31-18-20/h3-8,11,18,21-26,31H,9-10,12-17,29-30H2,1-2H3/t21-,22+,23+,24+,25-,26?,28-/m0/s1. The molecule has 1 unspecified atom stereocenters. The molecule has 4 heteroatoms. The minimum absolute atomic E-state index is 0.0228. The molecule has 3 aliphatic heterocycles.